The van der Waals surface area contributed by atoms with E-state index in [-0.39, 0.29) is 11.6 Å². The normalized spacial score (nSPS) is 22.7. The molecule has 1 rings (SSSR count). The summed E-state index contributed by atoms with van der Waals surface area (Å²) in [7, 11) is 0. The monoisotopic (exact) mass is 126 g/mol. The number of carbonyl (C=O) groups is 1. The average Bonchev–Trinajstić information content (AvgIpc) is 1.60. The van der Waals surface area contributed by atoms with Gasteiger partial charge in [-0.2, -0.15) is 0 Å². The molecule has 0 saturated carbocycles. The zero-order chi connectivity index (χ0) is 6.91. The number of hydrogen-bond donors (Lipinski definition) is 2. The Labute approximate surface area is 54.1 Å². The van der Waals surface area contributed by atoms with Crippen LogP contribution in [-0.4, -0.2) is 11.6 Å². The lowest BCUT2D eigenvalue weighted by Crippen LogP contribution is -2.49. The number of rotatable bonds is 0. The van der Waals surface area contributed by atoms with Crippen LogP contribution in [0.3, 0.4) is 0 Å². The first-order valence-corrected chi connectivity index (χ1v) is 2.86. The molecule has 9 heavy (non-hydrogen) atoms. The summed E-state index contributed by atoms with van der Waals surface area (Å²) in [5, 5.41) is 5.23. The van der Waals surface area contributed by atoms with Crippen LogP contribution in [0.5, 0.6) is 0 Å². The summed E-state index contributed by atoms with van der Waals surface area (Å²) in [5.74, 6) is 0. The third kappa shape index (κ3) is 1.45. The number of nitrogens with one attached hydrogen (secondary N) is 2. The Kier molecular flexibility index (Phi) is 1.20. The van der Waals surface area contributed by atoms with Crippen LogP contribution >= 0.6 is 0 Å². The van der Waals surface area contributed by atoms with Crippen molar-refractivity contribution in [3.05, 3.63) is 12.3 Å². The molecule has 0 radical (unpaired) electrons. The number of carbonyl (C=O) groups excluding carboxylic acids is 1. The van der Waals surface area contributed by atoms with Crippen molar-refractivity contribution in [2.45, 2.75) is 19.4 Å². The fraction of sp³-hybridized carbons (Fsp3) is 0.500. The van der Waals surface area contributed by atoms with Crippen molar-refractivity contribution in [3.8, 4) is 0 Å². The molecule has 0 aliphatic carbocycles. The summed E-state index contributed by atoms with van der Waals surface area (Å²) in [6.45, 7) is 3.87. The van der Waals surface area contributed by atoms with Gasteiger partial charge in [-0.15, -0.1) is 0 Å². The molecule has 0 atom stereocenters. The molecular formula is C6H10N2O. The summed E-state index contributed by atoms with van der Waals surface area (Å²) in [4.78, 5) is 10.6. The Morgan fingerprint density at radius 1 is 1.56 bits per heavy atom. The minimum absolute atomic E-state index is 0.137. The molecule has 0 spiro atoms. The van der Waals surface area contributed by atoms with E-state index in [1.165, 1.54) is 0 Å². The summed E-state index contributed by atoms with van der Waals surface area (Å²) >= 11 is 0. The van der Waals surface area contributed by atoms with Gasteiger partial charge in [-0.05, 0) is 19.9 Å². The molecule has 1 heterocycles. The van der Waals surface area contributed by atoms with Gasteiger partial charge in [0.05, 0.1) is 5.54 Å². The van der Waals surface area contributed by atoms with Gasteiger partial charge in [-0.25, -0.2) is 4.79 Å². The van der Waals surface area contributed by atoms with E-state index in [0.717, 1.165) is 0 Å². The molecule has 0 unspecified atom stereocenters. The van der Waals surface area contributed by atoms with E-state index in [2.05, 4.69) is 10.6 Å². The molecule has 2 amide bonds. The highest BCUT2D eigenvalue weighted by Crippen LogP contribution is 2.05. The van der Waals surface area contributed by atoms with Crippen molar-refractivity contribution >= 4 is 6.03 Å². The van der Waals surface area contributed by atoms with Crippen LogP contribution in [0.15, 0.2) is 12.3 Å². The van der Waals surface area contributed by atoms with Crippen molar-refractivity contribution in [1.29, 1.82) is 0 Å². The van der Waals surface area contributed by atoms with Gasteiger partial charge in [0.25, 0.3) is 0 Å². The number of urea groups is 1. The highest BCUT2D eigenvalue weighted by Gasteiger charge is 2.18. The van der Waals surface area contributed by atoms with E-state index in [1.54, 1.807) is 6.20 Å². The van der Waals surface area contributed by atoms with Crippen molar-refractivity contribution in [2.75, 3.05) is 0 Å². The maximum atomic E-state index is 10.6. The lowest BCUT2D eigenvalue weighted by atomic mass is 10.1. The average molecular weight is 126 g/mol. The van der Waals surface area contributed by atoms with Crippen molar-refractivity contribution in [1.82, 2.24) is 10.6 Å². The second-order valence-corrected chi connectivity index (χ2v) is 2.65. The lowest BCUT2D eigenvalue weighted by molar-refractivity contribution is 0.235. The highest BCUT2D eigenvalue weighted by molar-refractivity contribution is 5.77. The van der Waals surface area contributed by atoms with E-state index in [4.69, 9.17) is 0 Å². The lowest BCUT2D eigenvalue weighted by Gasteiger charge is -2.25. The Hall–Kier alpha value is -0.990. The molecule has 1 aliphatic rings. The van der Waals surface area contributed by atoms with Gasteiger partial charge < -0.3 is 10.6 Å². The molecular weight excluding hydrogens is 116 g/mol. The van der Waals surface area contributed by atoms with Crippen molar-refractivity contribution < 1.29 is 4.79 Å². The zero-order valence-electron chi connectivity index (χ0n) is 5.56. The number of amides is 2. The first-order valence-electron chi connectivity index (χ1n) is 2.86. The number of hydrogen-bond acceptors (Lipinski definition) is 1. The molecule has 0 fully saturated rings. The third-order valence-corrected chi connectivity index (χ3v) is 1.15. The van der Waals surface area contributed by atoms with E-state index in [0.29, 0.717) is 0 Å². The maximum Gasteiger partial charge on any atom is 0.319 e. The maximum absolute atomic E-state index is 10.6. The van der Waals surface area contributed by atoms with Crippen molar-refractivity contribution in [3.63, 3.8) is 0 Å². The predicted molar refractivity (Wildman–Crippen MR) is 34.9 cm³/mol. The van der Waals surface area contributed by atoms with Gasteiger partial charge in [0.2, 0.25) is 0 Å². The van der Waals surface area contributed by atoms with E-state index >= 15 is 0 Å². The first-order chi connectivity index (χ1) is 4.10. The minimum Gasteiger partial charge on any atom is -0.329 e. The Bertz CT molecular complexity index is 160. The molecule has 0 aromatic rings. The quantitative estimate of drug-likeness (QED) is 0.490. The Morgan fingerprint density at radius 3 is 2.56 bits per heavy atom. The molecule has 0 aromatic carbocycles. The second kappa shape index (κ2) is 1.76. The first kappa shape index (κ1) is 6.13. The van der Waals surface area contributed by atoms with E-state index in [9.17, 15) is 4.79 Å². The standard InChI is InChI=1S/C6H10N2O/c1-6(2)3-4-7-5(9)8-6/h3-4H,1-2H3,(H2,7,8,9). The zero-order valence-corrected chi connectivity index (χ0v) is 5.56. The second-order valence-electron chi connectivity index (χ2n) is 2.65. The van der Waals surface area contributed by atoms with E-state index in [1.807, 2.05) is 19.9 Å². The van der Waals surface area contributed by atoms with Crippen LogP contribution in [0.4, 0.5) is 4.79 Å². The smallest absolute Gasteiger partial charge is 0.319 e. The molecule has 0 bridgehead atoms. The highest BCUT2D eigenvalue weighted by atomic mass is 16.2. The van der Waals surface area contributed by atoms with Crippen LogP contribution in [-0.2, 0) is 0 Å². The van der Waals surface area contributed by atoms with Gasteiger partial charge in [-0.1, -0.05) is 0 Å². The largest absolute Gasteiger partial charge is 0.329 e. The van der Waals surface area contributed by atoms with Crippen LogP contribution < -0.4 is 10.6 Å². The van der Waals surface area contributed by atoms with Gasteiger partial charge >= 0.3 is 6.03 Å². The van der Waals surface area contributed by atoms with Gasteiger partial charge in [0.1, 0.15) is 0 Å². The van der Waals surface area contributed by atoms with Gasteiger partial charge in [-0.3, -0.25) is 0 Å². The molecule has 2 N–H and O–H groups in total. The molecule has 50 valence electrons. The van der Waals surface area contributed by atoms with Gasteiger partial charge in [0, 0.05) is 6.20 Å². The fourth-order valence-electron chi connectivity index (χ4n) is 0.696. The molecule has 3 heteroatoms. The topological polar surface area (TPSA) is 41.1 Å². The van der Waals surface area contributed by atoms with Crippen LogP contribution in [0.1, 0.15) is 13.8 Å². The molecule has 0 aromatic heterocycles. The van der Waals surface area contributed by atoms with Crippen molar-refractivity contribution in [2.24, 2.45) is 0 Å². The van der Waals surface area contributed by atoms with Gasteiger partial charge in [0.15, 0.2) is 0 Å². The Balaban J connectivity index is 2.71. The predicted octanol–water partition coefficient (Wildman–Crippen LogP) is 0.592. The fourth-order valence-corrected chi connectivity index (χ4v) is 0.696. The summed E-state index contributed by atoms with van der Waals surface area (Å²) in [6, 6.07) is -0.137. The molecule has 0 saturated heterocycles. The molecule has 3 nitrogen and oxygen atoms in total. The van der Waals surface area contributed by atoms with E-state index < -0.39 is 0 Å². The SMILES string of the molecule is CC1(C)C=CNC(=O)N1. The van der Waals surface area contributed by atoms with Crippen LogP contribution in [0.25, 0.3) is 0 Å². The summed E-state index contributed by atoms with van der Waals surface area (Å²) in [5.41, 5.74) is -0.192. The molecule has 1 aliphatic heterocycles. The summed E-state index contributed by atoms with van der Waals surface area (Å²) in [6.07, 6.45) is 3.55. The summed E-state index contributed by atoms with van der Waals surface area (Å²) < 4.78 is 0. The van der Waals surface area contributed by atoms with Crippen LogP contribution in [0, 0.1) is 0 Å². The van der Waals surface area contributed by atoms with Crippen LogP contribution in [0.2, 0.25) is 0 Å². The minimum atomic E-state index is -0.192. The third-order valence-electron chi connectivity index (χ3n) is 1.15. The Morgan fingerprint density at radius 2 is 2.22 bits per heavy atom.